The van der Waals surface area contributed by atoms with Gasteiger partial charge >= 0.3 is 12.1 Å². The van der Waals surface area contributed by atoms with Gasteiger partial charge in [0.15, 0.2) is 0 Å². The van der Waals surface area contributed by atoms with Crippen LogP contribution in [0.3, 0.4) is 0 Å². The number of amides is 4. The Balaban J connectivity index is 3.47. The van der Waals surface area contributed by atoms with E-state index < -0.39 is 67.0 Å². The second-order valence-corrected chi connectivity index (χ2v) is 8.87. The highest BCUT2D eigenvalue weighted by Gasteiger charge is 2.37. The number of ether oxygens (including phenoxy) is 2. The van der Waals surface area contributed by atoms with Crippen molar-refractivity contribution < 1.29 is 43.7 Å². The van der Waals surface area contributed by atoms with E-state index in [2.05, 4.69) is 15.4 Å². The lowest BCUT2D eigenvalue weighted by Crippen LogP contribution is -2.54. The molecule has 0 bridgehead atoms. The van der Waals surface area contributed by atoms with Crippen LogP contribution in [0.5, 0.6) is 5.75 Å². The number of aliphatic hydroxyl groups is 1. The summed E-state index contributed by atoms with van der Waals surface area (Å²) in [7, 11) is 1.13. The van der Waals surface area contributed by atoms with E-state index in [0.717, 1.165) is 12.0 Å². The summed E-state index contributed by atoms with van der Waals surface area (Å²) >= 11 is 0. The standard InChI is InChI=1S/C23H34N4O9/c1-13-10-14(6-7-16(13)29)19(20(32)25-12-18(31)35-5)27(8-9-28)21(33)15(11-17(24)30)26-22(34)36-23(2,3)4/h6-7,10,15,19,28-29H,8-9,11-12H2,1-5H3,(H2,24,30)(H,25,32)(H,26,34). The van der Waals surface area contributed by atoms with Crippen molar-refractivity contribution in [3.63, 3.8) is 0 Å². The number of carbonyl (C=O) groups excluding carboxylic acids is 5. The first-order valence-corrected chi connectivity index (χ1v) is 11.0. The van der Waals surface area contributed by atoms with Crippen LogP contribution in [-0.2, 0) is 28.7 Å². The topological polar surface area (TPSA) is 198 Å². The zero-order chi connectivity index (χ0) is 27.6. The number of aryl methyl sites for hydroxylation is 1. The molecule has 13 nitrogen and oxygen atoms in total. The van der Waals surface area contributed by atoms with Crippen molar-refractivity contribution in [3.8, 4) is 5.75 Å². The maximum Gasteiger partial charge on any atom is 0.408 e. The van der Waals surface area contributed by atoms with Gasteiger partial charge in [-0.2, -0.15) is 0 Å². The minimum absolute atomic E-state index is 0.0642. The van der Waals surface area contributed by atoms with Gasteiger partial charge in [0.2, 0.25) is 17.7 Å². The number of primary amides is 1. The van der Waals surface area contributed by atoms with Crippen LogP contribution in [0.25, 0.3) is 0 Å². The molecular weight excluding hydrogens is 476 g/mol. The van der Waals surface area contributed by atoms with Gasteiger partial charge in [-0.25, -0.2) is 4.79 Å². The van der Waals surface area contributed by atoms with Crippen LogP contribution in [0.15, 0.2) is 18.2 Å². The average molecular weight is 511 g/mol. The smallest absolute Gasteiger partial charge is 0.408 e. The number of rotatable bonds is 11. The Labute approximate surface area is 208 Å². The highest BCUT2D eigenvalue weighted by molar-refractivity contribution is 5.95. The largest absolute Gasteiger partial charge is 0.508 e. The Morgan fingerprint density at radius 2 is 1.81 bits per heavy atom. The van der Waals surface area contributed by atoms with Gasteiger partial charge in [0.25, 0.3) is 0 Å². The summed E-state index contributed by atoms with van der Waals surface area (Å²) in [6.45, 7) is 4.89. The number of esters is 1. The summed E-state index contributed by atoms with van der Waals surface area (Å²) in [6, 6.07) is 1.18. The number of phenolic OH excluding ortho intramolecular Hbond substituents is 1. The molecule has 0 heterocycles. The van der Waals surface area contributed by atoms with Crippen molar-refractivity contribution in [1.82, 2.24) is 15.5 Å². The van der Waals surface area contributed by atoms with Gasteiger partial charge in [-0.05, 0) is 51.0 Å². The summed E-state index contributed by atoms with van der Waals surface area (Å²) in [5.41, 5.74) is 4.98. The summed E-state index contributed by atoms with van der Waals surface area (Å²) in [4.78, 5) is 63.2. The Morgan fingerprint density at radius 3 is 2.31 bits per heavy atom. The molecular formula is C23H34N4O9. The number of methoxy groups -OCH3 is 1. The molecule has 13 heteroatoms. The molecule has 2 unspecified atom stereocenters. The van der Waals surface area contributed by atoms with Crippen LogP contribution in [0.4, 0.5) is 4.79 Å². The van der Waals surface area contributed by atoms with Gasteiger partial charge in [-0.3, -0.25) is 19.2 Å². The third-order valence-corrected chi connectivity index (χ3v) is 4.75. The van der Waals surface area contributed by atoms with Gasteiger partial charge in [-0.15, -0.1) is 0 Å². The molecule has 2 atom stereocenters. The van der Waals surface area contributed by atoms with E-state index in [9.17, 15) is 34.2 Å². The molecule has 1 aromatic carbocycles. The van der Waals surface area contributed by atoms with Gasteiger partial charge in [0.05, 0.1) is 20.1 Å². The normalized spacial score (nSPS) is 12.6. The lowest BCUT2D eigenvalue weighted by atomic mass is 10.00. The number of hydrogen-bond acceptors (Lipinski definition) is 9. The number of phenols is 1. The zero-order valence-electron chi connectivity index (χ0n) is 21.0. The summed E-state index contributed by atoms with van der Waals surface area (Å²) in [5.74, 6) is -3.46. The quantitative estimate of drug-likeness (QED) is 0.246. The van der Waals surface area contributed by atoms with Gasteiger partial charge < -0.3 is 41.0 Å². The van der Waals surface area contributed by atoms with Crippen molar-refractivity contribution in [2.45, 2.75) is 51.8 Å². The Hall–Kier alpha value is -3.87. The Bertz CT molecular complexity index is 975. The maximum absolute atomic E-state index is 13.6. The first-order chi connectivity index (χ1) is 16.7. The van der Waals surface area contributed by atoms with Crippen molar-refractivity contribution in [2.24, 2.45) is 5.73 Å². The first-order valence-electron chi connectivity index (χ1n) is 11.0. The molecule has 1 aromatic rings. The maximum atomic E-state index is 13.6. The molecule has 0 aliphatic rings. The van der Waals surface area contributed by atoms with Crippen LogP contribution >= 0.6 is 0 Å². The van der Waals surface area contributed by atoms with Crippen LogP contribution in [0, 0.1) is 6.92 Å². The fourth-order valence-corrected chi connectivity index (χ4v) is 3.18. The predicted molar refractivity (Wildman–Crippen MR) is 126 cm³/mol. The van der Waals surface area contributed by atoms with E-state index >= 15 is 0 Å². The van der Waals surface area contributed by atoms with Gasteiger partial charge in [0, 0.05) is 6.54 Å². The second-order valence-electron chi connectivity index (χ2n) is 8.87. The molecule has 4 amide bonds. The summed E-state index contributed by atoms with van der Waals surface area (Å²) in [5, 5.41) is 24.2. The zero-order valence-corrected chi connectivity index (χ0v) is 21.0. The number of nitrogens with two attached hydrogens (primary N) is 1. The molecule has 0 aromatic heterocycles. The van der Waals surface area contributed by atoms with Crippen molar-refractivity contribution in [2.75, 3.05) is 26.8 Å². The molecule has 0 aliphatic heterocycles. The molecule has 0 radical (unpaired) electrons. The molecule has 6 N–H and O–H groups in total. The molecule has 200 valence electrons. The van der Waals surface area contributed by atoms with E-state index in [0.29, 0.717) is 5.56 Å². The minimum Gasteiger partial charge on any atom is -0.508 e. The number of aliphatic hydroxyl groups excluding tert-OH is 1. The summed E-state index contributed by atoms with van der Waals surface area (Å²) in [6.07, 6.45) is -1.62. The molecule has 1 rings (SSSR count). The third-order valence-electron chi connectivity index (χ3n) is 4.75. The van der Waals surface area contributed by atoms with E-state index in [-0.39, 0.29) is 17.9 Å². The van der Waals surface area contributed by atoms with Gasteiger partial charge in [0.1, 0.15) is 30.0 Å². The predicted octanol–water partition coefficient (Wildman–Crippen LogP) is -0.379. The van der Waals surface area contributed by atoms with Gasteiger partial charge in [-0.1, -0.05) is 6.07 Å². The lowest BCUT2D eigenvalue weighted by Gasteiger charge is -2.34. The number of nitrogens with one attached hydrogen (secondary N) is 2. The second kappa shape index (κ2) is 13.3. The molecule has 0 spiro atoms. The van der Waals surface area contributed by atoms with Crippen LogP contribution < -0.4 is 16.4 Å². The SMILES string of the molecule is COC(=O)CNC(=O)C(c1ccc(O)c(C)c1)N(CCO)C(=O)C(CC(N)=O)NC(=O)OC(C)(C)C. The number of aromatic hydroxyl groups is 1. The van der Waals surface area contributed by atoms with Crippen LogP contribution in [-0.4, -0.2) is 83.3 Å². The van der Waals surface area contributed by atoms with E-state index in [1.54, 1.807) is 27.7 Å². The molecule has 36 heavy (non-hydrogen) atoms. The third kappa shape index (κ3) is 9.41. The van der Waals surface area contributed by atoms with E-state index in [4.69, 9.17) is 10.5 Å². The number of hydrogen-bond donors (Lipinski definition) is 5. The van der Waals surface area contributed by atoms with Crippen molar-refractivity contribution in [1.29, 1.82) is 0 Å². The molecule has 0 fully saturated rings. The van der Waals surface area contributed by atoms with Crippen molar-refractivity contribution in [3.05, 3.63) is 29.3 Å². The van der Waals surface area contributed by atoms with Crippen LogP contribution in [0.2, 0.25) is 0 Å². The first kappa shape index (κ1) is 30.2. The highest BCUT2D eigenvalue weighted by atomic mass is 16.6. The van der Waals surface area contributed by atoms with Crippen molar-refractivity contribution >= 4 is 29.8 Å². The van der Waals surface area contributed by atoms with Crippen LogP contribution in [0.1, 0.15) is 44.4 Å². The molecule has 0 aliphatic carbocycles. The fraction of sp³-hybridized carbons (Fsp3) is 0.522. The monoisotopic (exact) mass is 510 g/mol. The highest BCUT2D eigenvalue weighted by Crippen LogP contribution is 2.27. The van der Waals surface area contributed by atoms with E-state index in [1.165, 1.54) is 18.2 Å². The number of carbonyl (C=O) groups is 5. The number of benzene rings is 1. The lowest BCUT2D eigenvalue weighted by molar-refractivity contribution is -0.145. The molecule has 0 saturated carbocycles. The Morgan fingerprint density at radius 1 is 1.17 bits per heavy atom. The number of alkyl carbamates (subject to hydrolysis) is 1. The summed E-state index contributed by atoms with van der Waals surface area (Å²) < 4.78 is 9.68. The Kier molecular flexibility index (Phi) is 11.1. The average Bonchev–Trinajstić information content (AvgIpc) is 2.76. The fourth-order valence-electron chi connectivity index (χ4n) is 3.18. The number of nitrogens with zero attached hydrogens (tertiary/aromatic N) is 1. The van der Waals surface area contributed by atoms with E-state index in [1.807, 2.05) is 0 Å². The minimum atomic E-state index is -1.53. The molecule has 0 saturated heterocycles.